The van der Waals surface area contributed by atoms with E-state index < -0.39 is 23.8 Å². The predicted octanol–water partition coefficient (Wildman–Crippen LogP) is 6.13. The maximum Gasteiger partial charge on any atom is 0.418 e. The van der Waals surface area contributed by atoms with Crippen LogP contribution < -0.4 is 4.74 Å². The quantitative estimate of drug-likeness (QED) is 0.526. The number of hydrogen-bond acceptors (Lipinski definition) is 3. The second kappa shape index (κ2) is 7.46. The van der Waals surface area contributed by atoms with Gasteiger partial charge in [-0.1, -0.05) is 18.2 Å². The van der Waals surface area contributed by atoms with Gasteiger partial charge < -0.3 is 9.47 Å². The summed E-state index contributed by atoms with van der Waals surface area (Å²) in [4.78, 5) is 12.3. The molecule has 1 atom stereocenters. The molecular weight excluding hydrogens is 383 g/mol. The van der Waals surface area contributed by atoms with Crippen LogP contribution in [0.15, 0.2) is 54.7 Å². The van der Waals surface area contributed by atoms with E-state index in [0.29, 0.717) is 16.7 Å². The van der Waals surface area contributed by atoms with Crippen LogP contribution in [0.2, 0.25) is 0 Å². The van der Waals surface area contributed by atoms with Crippen LogP contribution in [-0.4, -0.2) is 29.5 Å². The van der Waals surface area contributed by atoms with Gasteiger partial charge in [0.25, 0.3) is 0 Å². The minimum atomic E-state index is -4.48. The van der Waals surface area contributed by atoms with E-state index in [0.717, 1.165) is 0 Å². The van der Waals surface area contributed by atoms with Crippen molar-refractivity contribution in [1.82, 2.24) is 4.57 Å². The van der Waals surface area contributed by atoms with E-state index in [1.807, 2.05) is 0 Å². The number of ether oxygens (including phenoxy) is 2. The van der Waals surface area contributed by atoms with Crippen molar-refractivity contribution < 1.29 is 27.4 Å². The van der Waals surface area contributed by atoms with Gasteiger partial charge in [-0.25, -0.2) is 4.79 Å². The van der Waals surface area contributed by atoms with E-state index in [-0.39, 0.29) is 11.1 Å². The van der Waals surface area contributed by atoms with Crippen LogP contribution in [0.3, 0.4) is 0 Å². The van der Waals surface area contributed by atoms with Crippen molar-refractivity contribution >= 4 is 17.0 Å². The fourth-order valence-corrected chi connectivity index (χ4v) is 3.18. The number of fused-ring (bicyclic) bond motifs is 1. The Labute approximate surface area is 166 Å². The molecule has 0 aliphatic carbocycles. The van der Waals surface area contributed by atoms with Gasteiger partial charge in [-0.3, -0.25) is 4.57 Å². The lowest BCUT2D eigenvalue weighted by Gasteiger charge is -2.22. The van der Waals surface area contributed by atoms with Crippen LogP contribution in [0.1, 0.15) is 37.8 Å². The topological polar surface area (TPSA) is 40.5 Å². The third-order valence-electron chi connectivity index (χ3n) is 4.41. The fourth-order valence-electron chi connectivity index (χ4n) is 3.18. The highest BCUT2D eigenvalue weighted by Gasteiger charge is 2.42. The number of carbonyl (C=O) groups excluding carboxylic acids is 1. The SMILES string of the molecule is COc1ccc(C(c2ccc3c(ccn3C(=O)OC(C)(C)C)c2)C(F)(F)F)cc1. The molecule has 4 nitrogen and oxygen atoms in total. The Morgan fingerprint density at radius 3 is 2.14 bits per heavy atom. The largest absolute Gasteiger partial charge is 0.497 e. The fraction of sp³-hybridized carbons (Fsp3) is 0.318. The summed E-state index contributed by atoms with van der Waals surface area (Å²) in [6, 6.07) is 11.8. The van der Waals surface area contributed by atoms with Gasteiger partial charge >= 0.3 is 12.3 Å². The smallest absolute Gasteiger partial charge is 0.418 e. The monoisotopic (exact) mass is 405 g/mol. The molecule has 0 saturated heterocycles. The number of nitrogens with zero attached hydrogens (tertiary/aromatic N) is 1. The molecule has 0 saturated carbocycles. The number of halogens is 3. The average Bonchev–Trinajstić information content (AvgIpc) is 3.03. The standard InChI is InChI=1S/C22H22F3NO3/c1-21(2,3)29-20(27)26-12-11-15-13-16(7-10-18(15)26)19(22(23,24)25)14-5-8-17(28-4)9-6-14/h5-13,19H,1-4H3. The summed E-state index contributed by atoms with van der Waals surface area (Å²) in [5, 5.41) is 0.524. The highest BCUT2D eigenvalue weighted by Crippen LogP contribution is 2.41. The second-order valence-corrected chi connectivity index (χ2v) is 7.73. The maximum absolute atomic E-state index is 13.9. The predicted molar refractivity (Wildman–Crippen MR) is 104 cm³/mol. The molecule has 29 heavy (non-hydrogen) atoms. The van der Waals surface area contributed by atoms with E-state index in [9.17, 15) is 18.0 Å². The number of carbonyl (C=O) groups is 1. The molecule has 0 amide bonds. The molecule has 1 heterocycles. The van der Waals surface area contributed by atoms with E-state index in [1.54, 1.807) is 26.8 Å². The summed E-state index contributed by atoms with van der Waals surface area (Å²) in [5.74, 6) is -1.30. The van der Waals surface area contributed by atoms with Gasteiger partial charge in [0.15, 0.2) is 0 Å². The van der Waals surface area contributed by atoms with E-state index in [2.05, 4.69) is 0 Å². The Balaban J connectivity index is 2.01. The van der Waals surface area contributed by atoms with Crippen molar-refractivity contribution in [3.63, 3.8) is 0 Å². The molecule has 2 aromatic carbocycles. The first-order chi connectivity index (χ1) is 13.5. The van der Waals surface area contributed by atoms with Crippen LogP contribution in [0.5, 0.6) is 5.75 Å². The van der Waals surface area contributed by atoms with Crippen LogP contribution in [0, 0.1) is 0 Å². The van der Waals surface area contributed by atoms with Crippen molar-refractivity contribution in [1.29, 1.82) is 0 Å². The summed E-state index contributed by atoms with van der Waals surface area (Å²) >= 11 is 0. The first kappa shape index (κ1) is 20.8. The highest BCUT2D eigenvalue weighted by molar-refractivity contribution is 5.90. The van der Waals surface area contributed by atoms with Gasteiger partial charge in [0.1, 0.15) is 17.3 Å². The number of alkyl halides is 3. The summed E-state index contributed by atoms with van der Waals surface area (Å²) < 4.78 is 53.3. The molecule has 0 bridgehead atoms. The Hall–Kier alpha value is -2.96. The van der Waals surface area contributed by atoms with Crippen LogP contribution in [-0.2, 0) is 4.74 Å². The lowest BCUT2D eigenvalue weighted by molar-refractivity contribution is -0.141. The zero-order chi connectivity index (χ0) is 21.4. The van der Waals surface area contributed by atoms with E-state index in [1.165, 1.54) is 60.3 Å². The maximum atomic E-state index is 13.9. The van der Waals surface area contributed by atoms with Gasteiger partial charge in [0.2, 0.25) is 0 Å². The Morgan fingerprint density at radius 2 is 1.59 bits per heavy atom. The molecule has 3 rings (SSSR count). The summed E-state index contributed by atoms with van der Waals surface area (Å²) in [5.41, 5.74) is 0.0172. The van der Waals surface area contributed by atoms with Crippen LogP contribution in [0.4, 0.5) is 18.0 Å². The molecule has 1 unspecified atom stereocenters. The normalized spacial score (nSPS) is 13.3. The van der Waals surface area contributed by atoms with Crippen LogP contribution >= 0.6 is 0 Å². The molecule has 0 spiro atoms. The third-order valence-corrected chi connectivity index (χ3v) is 4.41. The Kier molecular flexibility index (Phi) is 5.34. The number of benzene rings is 2. The molecule has 0 radical (unpaired) electrons. The van der Waals surface area contributed by atoms with E-state index in [4.69, 9.17) is 9.47 Å². The second-order valence-electron chi connectivity index (χ2n) is 7.73. The van der Waals surface area contributed by atoms with Gasteiger partial charge in [0, 0.05) is 11.6 Å². The molecule has 154 valence electrons. The molecule has 0 aliphatic heterocycles. The van der Waals surface area contributed by atoms with Gasteiger partial charge in [-0.05, 0) is 62.2 Å². The molecular formula is C22H22F3NO3. The van der Waals surface area contributed by atoms with Crippen molar-refractivity contribution in [3.05, 3.63) is 65.9 Å². The van der Waals surface area contributed by atoms with Gasteiger partial charge in [0.05, 0.1) is 12.6 Å². The summed E-state index contributed by atoms with van der Waals surface area (Å²) in [6.07, 6.45) is -3.56. The number of rotatable bonds is 3. The highest BCUT2D eigenvalue weighted by atomic mass is 19.4. The number of aromatic nitrogens is 1. The Bertz CT molecular complexity index is 1010. The zero-order valence-corrected chi connectivity index (χ0v) is 16.6. The van der Waals surface area contributed by atoms with Crippen molar-refractivity contribution in [2.75, 3.05) is 7.11 Å². The summed E-state index contributed by atoms with van der Waals surface area (Å²) in [6.45, 7) is 5.24. The summed E-state index contributed by atoms with van der Waals surface area (Å²) in [7, 11) is 1.46. The molecule has 1 aromatic heterocycles. The van der Waals surface area contributed by atoms with Crippen molar-refractivity contribution in [2.24, 2.45) is 0 Å². The van der Waals surface area contributed by atoms with Crippen molar-refractivity contribution in [3.8, 4) is 5.75 Å². The lowest BCUT2D eigenvalue weighted by atomic mass is 9.90. The third kappa shape index (κ3) is 4.55. The van der Waals surface area contributed by atoms with Gasteiger partial charge in [-0.2, -0.15) is 13.2 Å². The molecule has 3 aromatic rings. The molecule has 0 N–H and O–H groups in total. The average molecular weight is 405 g/mol. The first-order valence-electron chi connectivity index (χ1n) is 9.04. The zero-order valence-electron chi connectivity index (χ0n) is 16.6. The molecule has 7 heteroatoms. The lowest BCUT2D eigenvalue weighted by Crippen LogP contribution is -2.26. The minimum absolute atomic E-state index is 0.0945. The minimum Gasteiger partial charge on any atom is -0.497 e. The molecule has 0 fully saturated rings. The van der Waals surface area contributed by atoms with Crippen molar-refractivity contribution in [2.45, 2.75) is 38.5 Å². The Morgan fingerprint density at radius 1 is 0.966 bits per heavy atom. The van der Waals surface area contributed by atoms with E-state index >= 15 is 0 Å². The van der Waals surface area contributed by atoms with Gasteiger partial charge in [-0.15, -0.1) is 0 Å². The molecule has 0 aliphatic rings. The van der Waals surface area contributed by atoms with Crippen LogP contribution in [0.25, 0.3) is 10.9 Å². The first-order valence-corrected chi connectivity index (χ1v) is 9.04. The number of hydrogen-bond donors (Lipinski definition) is 0. The number of methoxy groups -OCH3 is 1.